The third kappa shape index (κ3) is 4.57. The van der Waals surface area contributed by atoms with Gasteiger partial charge in [-0.25, -0.2) is 0 Å². The largest absolute Gasteiger partial charge is 0.369 e. The molecule has 0 bridgehead atoms. The van der Waals surface area contributed by atoms with Crippen molar-refractivity contribution in [1.29, 1.82) is 0 Å². The van der Waals surface area contributed by atoms with Gasteiger partial charge in [-0.15, -0.1) is 5.10 Å². The molecule has 0 saturated carbocycles. The van der Waals surface area contributed by atoms with Gasteiger partial charge in [0.1, 0.15) is 5.82 Å². The van der Waals surface area contributed by atoms with E-state index in [2.05, 4.69) is 41.3 Å². The van der Waals surface area contributed by atoms with Gasteiger partial charge >= 0.3 is 0 Å². The van der Waals surface area contributed by atoms with Crippen LogP contribution in [0.1, 0.15) is 25.8 Å². The monoisotopic (exact) mass is 222 g/mol. The zero-order chi connectivity index (χ0) is 12.0. The maximum absolute atomic E-state index is 4.02. The van der Waals surface area contributed by atoms with Gasteiger partial charge in [-0.1, -0.05) is 0 Å². The lowest BCUT2D eigenvalue weighted by molar-refractivity contribution is 0.273. The molecule has 1 N–H and O–H groups in total. The summed E-state index contributed by atoms with van der Waals surface area (Å²) in [6.07, 6.45) is 2.88. The number of aryl methyl sites for hydroxylation is 1. The molecule has 1 aromatic rings. The first-order valence-corrected chi connectivity index (χ1v) is 5.83. The van der Waals surface area contributed by atoms with Crippen LogP contribution in [-0.2, 0) is 0 Å². The first-order valence-electron chi connectivity index (χ1n) is 5.83. The fraction of sp³-hybridized carbons (Fsp3) is 0.667. The second-order valence-corrected chi connectivity index (χ2v) is 4.47. The Morgan fingerprint density at radius 3 is 2.81 bits per heavy atom. The van der Waals surface area contributed by atoms with E-state index in [1.54, 1.807) is 6.20 Å². The van der Waals surface area contributed by atoms with Crippen molar-refractivity contribution in [3.05, 3.63) is 17.8 Å². The molecule has 4 nitrogen and oxygen atoms in total. The Kier molecular flexibility index (Phi) is 5.19. The third-order valence-electron chi connectivity index (χ3n) is 2.67. The molecule has 1 aromatic heterocycles. The quantitative estimate of drug-likeness (QED) is 0.747. The number of rotatable bonds is 6. The highest BCUT2D eigenvalue weighted by Gasteiger charge is 2.02. The van der Waals surface area contributed by atoms with Gasteiger partial charge in [0, 0.05) is 12.6 Å². The Bertz CT molecular complexity index is 312. The predicted octanol–water partition coefficient (Wildman–Crippen LogP) is 1.93. The Balaban J connectivity index is 2.21. The number of nitrogens with one attached hydrogen (secondary N) is 1. The van der Waals surface area contributed by atoms with Gasteiger partial charge < -0.3 is 10.2 Å². The smallest absolute Gasteiger partial charge is 0.148 e. The summed E-state index contributed by atoms with van der Waals surface area (Å²) < 4.78 is 0. The average Bonchev–Trinajstić information content (AvgIpc) is 2.24. The number of nitrogens with zero attached hydrogens (tertiary/aromatic N) is 3. The van der Waals surface area contributed by atoms with E-state index in [1.807, 2.05) is 13.0 Å². The molecule has 0 aliphatic carbocycles. The summed E-state index contributed by atoms with van der Waals surface area (Å²) >= 11 is 0. The summed E-state index contributed by atoms with van der Waals surface area (Å²) in [6.45, 7) is 8.48. The van der Waals surface area contributed by atoms with Gasteiger partial charge in [0.05, 0.1) is 6.20 Å². The number of aromatic nitrogens is 2. The van der Waals surface area contributed by atoms with Crippen molar-refractivity contribution in [3.63, 3.8) is 0 Å². The molecule has 0 atom stereocenters. The van der Waals surface area contributed by atoms with Crippen LogP contribution < -0.4 is 5.32 Å². The van der Waals surface area contributed by atoms with Crippen molar-refractivity contribution < 1.29 is 0 Å². The van der Waals surface area contributed by atoms with Crippen molar-refractivity contribution in [1.82, 2.24) is 15.1 Å². The molecule has 0 radical (unpaired) electrons. The van der Waals surface area contributed by atoms with E-state index in [1.165, 1.54) is 0 Å². The van der Waals surface area contributed by atoms with Gasteiger partial charge in [0.2, 0.25) is 0 Å². The van der Waals surface area contributed by atoms with Crippen molar-refractivity contribution in [2.24, 2.45) is 0 Å². The van der Waals surface area contributed by atoms with Crippen LogP contribution in [0.25, 0.3) is 0 Å². The van der Waals surface area contributed by atoms with Crippen LogP contribution in [0, 0.1) is 6.92 Å². The first kappa shape index (κ1) is 12.9. The summed E-state index contributed by atoms with van der Waals surface area (Å²) in [4.78, 5) is 2.34. The summed E-state index contributed by atoms with van der Waals surface area (Å²) in [5.74, 6) is 0.868. The Hall–Kier alpha value is -1.16. The van der Waals surface area contributed by atoms with Gasteiger partial charge in [0.25, 0.3) is 0 Å². The fourth-order valence-corrected chi connectivity index (χ4v) is 1.35. The topological polar surface area (TPSA) is 41.1 Å². The number of hydrogen-bond donors (Lipinski definition) is 1. The summed E-state index contributed by atoms with van der Waals surface area (Å²) in [5.41, 5.74) is 1.14. The third-order valence-corrected chi connectivity index (χ3v) is 2.67. The molecule has 1 rings (SSSR count). The van der Waals surface area contributed by atoms with E-state index in [4.69, 9.17) is 0 Å². The molecule has 0 unspecified atom stereocenters. The van der Waals surface area contributed by atoms with Gasteiger partial charge in [-0.2, -0.15) is 5.10 Å². The zero-order valence-corrected chi connectivity index (χ0v) is 10.7. The fourth-order valence-electron chi connectivity index (χ4n) is 1.35. The van der Waals surface area contributed by atoms with E-state index in [0.29, 0.717) is 6.04 Å². The van der Waals surface area contributed by atoms with E-state index < -0.39 is 0 Å². The molecule has 4 heteroatoms. The molecule has 0 aliphatic rings. The van der Waals surface area contributed by atoms with Crippen molar-refractivity contribution in [3.8, 4) is 0 Å². The number of anilines is 1. The van der Waals surface area contributed by atoms with Crippen LogP contribution in [-0.4, -0.2) is 41.3 Å². The highest BCUT2D eigenvalue weighted by molar-refractivity contribution is 5.34. The lowest BCUT2D eigenvalue weighted by Crippen LogP contribution is -2.28. The lowest BCUT2D eigenvalue weighted by atomic mass is 10.3. The highest BCUT2D eigenvalue weighted by atomic mass is 15.2. The minimum Gasteiger partial charge on any atom is -0.369 e. The van der Waals surface area contributed by atoms with E-state index in [0.717, 1.165) is 30.9 Å². The number of hydrogen-bond acceptors (Lipinski definition) is 4. The Morgan fingerprint density at radius 1 is 1.44 bits per heavy atom. The van der Waals surface area contributed by atoms with Gasteiger partial charge in [-0.3, -0.25) is 0 Å². The van der Waals surface area contributed by atoms with Crippen LogP contribution in [0.3, 0.4) is 0 Å². The van der Waals surface area contributed by atoms with Crippen LogP contribution in [0.2, 0.25) is 0 Å². The Labute approximate surface area is 98.1 Å². The molecule has 1 heterocycles. The van der Waals surface area contributed by atoms with E-state index in [-0.39, 0.29) is 0 Å². The second-order valence-electron chi connectivity index (χ2n) is 4.47. The molecule has 0 fully saturated rings. The lowest BCUT2D eigenvalue weighted by Gasteiger charge is -2.20. The average molecular weight is 222 g/mol. The van der Waals surface area contributed by atoms with Crippen LogP contribution in [0.5, 0.6) is 0 Å². The van der Waals surface area contributed by atoms with E-state index in [9.17, 15) is 0 Å². The van der Waals surface area contributed by atoms with Gasteiger partial charge in [-0.05, 0) is 52.4 Å². The molecular weight excluding hydrogens is 200 g/mol. The molecular formula is C12H22N4. The molecule has 0 amide bonds. The molecule has 0 saturated heterocycles. The SMILES string of the molecule is Cc1cnnc(NCCCN(C)C(C)C)c1. The van der Waals surface area contributed by atoms with Crippen LogP contribution in [0.4, 0.5) is 5.82 Å². The minimum absolute atomic E-state index is 0.610. The summed E-state index contributed by atoms with van der Waals surface area (Å²) in [6, 6.07) is 2.62. The minimum atomic E-state index is 0.610. The normalized spacial score (nSPS) is 11.1. The van der Waals surface area contributed by atoms with Gasteiger partial charge in [0.15, 0.2) is 0 Å². The van der Waals surface area contributed by atoms with Crippen LogP contribution >= 0.6 is 0 Å². The van der Waals surface area contributed by atoms with Crippen molar-refractivity contribution in [2.45, 2.75) is 33.2 Å². The summed E-state index contributed by atoms with van der Waals surface area (Å²) in [5, 5.41) is 11.2. The van der Waals surface area contributed by atoms with Crippen molar-refractivity contribution in [2.75, 3.05) is 25.5 Å². The predicted molar refractivity (Wildman–Crippen MR) is 67.6 cm³/mol. The van der Waals surface area contributed by atoms with Crippen molar-refractivity contribution >= 4 is 5.82 Å². The first-order chi connectivity index (χ1) is 7.59. The maximum Gasteiger partial charge on any atom is 0.148 e. The second kappa shape index (κ2) is 6.43. The molecule has 0 spiro atoms. The molecule has 0 aliphatic heterocycles. The summed E-state index contributed by atoms with van der Waals surface area (Å²) in [7, 11) is 2.15. The zero-order valence-electron chi connectivity index (χ0n) is 10.7. The molecule has 16 heavy (non-hydrogen) atoms. The molecule has 0 aromatic carbocycles. The maximum atomic E-state index is 4.02. The van der Waals surface area contributed by atoms with E-state index >= 15 is 0 Å². The molecule has 90 valence electrons. The van der Waals surface area contributed by atoms with Crippen LogP contribution in [0.15, 0.2) is 12.3 Å². The highest BCUT2D eigenvalue weighted by Crippen LogP contribution is 2.03. The standard InChI is InChI=1S/C12H22N4/c1-10(2)16(4)7-5-6-13-12-8-11(3)9-14-15-12/h8-10H,5-7H2,1-4H3,(H,13,15). The Morgan fingerprint density at radius 2 is 2.19 bits per heavy atom.